The zero-order valence-electron chi connectivity index (χ0n) is 20.0. The lowest BCUT2D eigenvalue weighted by molar-refractivity contribution is 0.113. The zero-order chi connectivity index (χ0) is 22.5. The Morgan fingerprint density at radius 3 is 2.16 bits per heavy atom. The number of unbranched alkanes of at least 4 members (excludes halogenated alkanes) is 2. The molecule has 0 saturated heterocycles. The number of aryl methyl sites for hydroxylation is 1. The summed E-state index contributed by atoms with van der Waals surface area (Å²) in [6, 6.07) is 10.9. The molecule has 0 aliphatic heterocycles. The molecule has 0 N–H and O–H groups in total. The van der Waals surface area contributed by atoms with E-state index in [1.807, 2.05) is 24.3 Å². The molecule has 2 aliphatic rings. The molecular weight excluding hydrogens is 398 g/mol. The molecule has 0 nitrogen and oxygen atoms in total. The Kier molecular flexibility index (Phi) is 8.02. The number of halogens is 2. The van der Waals surface area contributed by atoms with Crippen LogP contribution in [0.4, 0.5) is 8.78 Å². The molecular formula is C30H40F2. The molecule has 0 spiro atoms. The van der Waals surface area contributed by atoms with Crippen molar-refractivity contribution < 1.29 is 8.78 Å². The summed E-state index contributed by atoms with van der Waals surface area (Å²) in [5.74, 6) is 1.97. The van der Waals surface area contributed by atoms with E-state index in [2.05, 4.69) is 13.8 Å². The maximum absolute atomic E-state index is 15.1. The molecule has 0 radical (unpaired) electrons. The van der Waals surface area contributed by atoms with Gasteiger partial charge in [0.25, 0.3) is 0 Å². The highest BCUT2D eigenvalue weighted by Gasteiger charge is 2.36. The van der Waals surface area contributed by atoms with Crippen molar-refractivity contribution in [2.75, 3.05) is 0 Å². The molecule has 0 bridgehead atoms. The highest BCUT2D eigenvalue weighted by molar-refractivity contribution is 5.65. The van der Waals surface area contributed by atoms with Crippen LogP contribution in [0.25, 0.3) is 11.1 Å². The molecule has 1 unspecified atom stereocenters. The second-order valence-electron chi connectivity index (χ2n) is 10.5. The molecule has 2 aliphatic carbocycles. The first kappa shape index (κ1) is 23.5. The molecule has 2 heteroatoms. The van der Waals surface area contributed by atoms with Gasteiger partial charge in [0, 0.05) is 0 Å². The van der Waals surface area contributed by atoms with Gasteiger partial charge in [0.15, 0.2) is 0 Å². The van der Waals surface area contributed by atoms with Gasteiger partial charge < -0.3 is 0 Å². The van der Waals surface area contributed by atoms with Gasteiger partial charge in [-0.3, -0.25) is 0 Å². The Hall–Kier alpha value is -1.70. The third-order valence-electron chi connectivity index (χ3n) is 8.25. The van der Waals surface area contributed by atoms with Gasteiger partial charge in [-0.1, -0.05) is 76.6 Å². The average Bonchev–Trinajstić information content (AvgIpc) is 2.80. The summed E-state index contributed by atoms with van der Waals surface area (Å²) in [5.41, 5.74) is 2.84. The van der Waals surface area contributed by atoms with Crippen LogP contribution in [0.2, 0.25) is 0 Å². The Morgan fingerprint density at radius 1 is 0.781 bits per heavy atom. The molecule has 4 rings (SSSR count). The van der Waals surface area contributed by atoms with Gasteiger partial charge >= 0.3 is 0 Å². The number of hydrogen-bond acceptors (Lipinski definition) is 0. The minimum atomic E-state index is -0.412. The zero-order valence-corrected chi connectivity index (χ0v) is 20.0. The van der Waals surface area contributed by atoms with Crippen molar-refractivity contribution in [3.05, 3.63) is 59.2 Å². The molecule has 2 fully saturated rings. The minimum Gasteiger partial charge on any atom is -0.206 e. The van der Waals surface area contributed by atoms with Crippen molar-refractivity contribution in [2.45, 2.75) is 96.8 Å². The Labute approximate surface area is 193 Å². The van der Waals surface area contributed by atoms with Crippen LogP contribution in [0.5, 0.6) is 0 Å². The lowest BCUT2D eigenvalue weighted by atomic mass is 9.63. The summed E-state index contributed by atoms with van der Waals surface area (Å²) >= 11 is 0. The number of benzene rings is 2. The van der Waals surface area contributed by atoms with Crippen LogP contribution in [0.15, 0.2) is 36.4 Å². The average molecular weight is 439 g/mol. The predicted molar refractivity (Wildman–Crippen MR) is 131 cm³/mol. The summed E-state index contributed by atoms with van der Waals surface area (Å²) in [7, 11) is 0. The minimum absolute atomic E-state index is 0.123. The fourth-order valence-electron chi connectivity index (χ4n) is 6.47. The van der Waals surface area contributed by atoms with E-state index in [4.69, 9.17) is 0 Å². The molecule has 0 aromatic heterocycles. The Bertz CT molecular complexity index is 846. The van der Waals surface area contributed by atoms with Crippen LogP contribution in [0, 0.1) is 29.4 Å². The molecule has 174 valence electrons. The summed E-state index contributed by atoms with van der Waals surface area (Å²) in [4.78, 5) is 0. The summed E-state index contributed by atoms with van der Waals surface area (Å²) in [5, 5.41) is 0. The van der Waals surface area contributed by atoms with Crippen LogP contribution in [-0.4, -0.2) is 0 Å². The van der Waals surface area contributed by atoms with Crippen molar-refractivity contribution in [2.24, 2.45) is 17.8 Å². The topological polar surface area (TPSA) is 0 Å². The quantitative estimate of drug-likeness (QED) is 0.360. The second-order valence-corrected chi connectivity index (χ2v) is 10.5. The van der Waals surface area contributed by atoms with Gasteiger partial charge in [0.2, 0.25) is 0 Å². The SMILES string of the molecule is CCCCCC1CC[C@@H]2C[C@H](c3cc(F)c(-c4ccc(CCC)cc4)c(F)c3)CC[C@@H]2C1. The van der Waals surface area contributed by atoms with Crippen molar-refractivity contribution in [3.63, 3.8) is 0 Å². The van der Waals surface area contributed by atoms with Crippen molar-refractivity contribution in [1.82, 2.24) is 0 Å². The third-order valence-corrected chi connectivity index (χ3v) is 8.25. The van der Waals surface area contributed by atoms with E-state index < -0.39 is 11.6 Å². The number of hydrogen-bond donors (Lipinski definition) is 0. The van der Waals surface area contributed by atoms with E-state index in [1.165, 1.54) is 56.9 Å². The molecule has 4 atom stereocenters. The predicted octanol–water partition coefficient (Wildman–Crippen LogP) is 9.46. The van der Waals surface area contributed by atoms with Crippen LogP contribution >= 0.6 is 0 Å². The third kappa shape index (κ3) is 5.43. The van der Waals surface area contributed by atoms with E-state index in [1.54, 1.807) is 12.1 Å². The molecule has 2 saturated carbocycles. The van der Waals surface area contributed by atoms with Crippen molar-refractivity contribution in [1.29, 1.82) is 0 Å². The van der Waals surface area contributed by atoms with E-state index in [0.717, 1.165) is 49.0 Å². The number of rotatable bonds is 8. The first-order chi connectivity index (χ1) is 15.6. The first-order valence-electron chi connectivity index (χ1n) is 13.2. The van der Waals surface area contributed by atoms with Crippen LogP contribution in [0.3, 0.4) is 0 Å². The lowest BCUT2D eigenvalue weighted by Crippen LogP contribution is -2.30. The van der Waals surface area contributed by atoms with E-state index >= 15 is 8.78 Å². The standard InChI is InChI=1S/C30H40F2/c1-3-5-6-8-22-11-14-25-18-26(16-15-24(25)17-22)27-19-28(31)30(29(32)20-27)23-12-9-21(7-4-2)10-13-23/h9-10,12-13,19-20,22,24-26H,3-8,11,14-18H2,1-2H3/t22?,24-,25-,26-/m1/s1. The normalized spacial score (nSPS) is 25.5. The molecule has 2 aromatic carbocycles. The fourth-order valence-corrected chi connectivity index (χ4v) is 6.47. The Balaban J connectivity index is 1.42. The summed E-state index contributed by atoms with van der Waals surface area (Å²) in [6.07, 6.45) is 15.0. The van der Waals surface area contributed by atoms with Gasteiger partial charge in [-0.25, -0.2) is 8.78 Å². The fraction of sp³-hybridized carbons (Fsp3) is 0.600. The maximum Gasteiger partial charge on any atom is 0.134 e. The van der Waals surface area contributed by atoms with Gasteiger partial charge in [-0.15, -0.1) is 0 Å². The first-order valence-corrected chi connectivity index (χ1v) is 13.2. The molecule has 0 amide bonds. The van der Waals surface area contributed by atoms with Gasteiger partial charge in [-0.2, -0.15) is 0 Å². The number of fused-ring (bicyclic) bond motifs is 1. The largest absolute Gasteiger partial charge is 0.206 e. The highest BCUT2D eigenvalue weighted by Crippen LogP contribution is 2.48. The van der Waals surface area contributed by atoms with Crippen LogP contribution in [0.1, 0.15) is 102 Å². The Morgan fingerprint density at radius 2 is 1.47 bits per heavy atom. The summed E-state index contributed by atoms with van der Waals surface area (Å²) in [6.45, 7) is 4.41. The van der Waals surface area contributed by atoms with E-state index in [9.17, 15) is 0 Å². The van der Waals surface area contributed by atoms with Gasteiger partial charge in [0.1, 0.15) is 11.6 Å². The molecule has 0 heterocycles. The maximum atomic E-state index is 15.1. The van der Waals surface area contributed by atoms with Crippen LogP contribution < -0.4 is 0 Å². The highest BCUT2D eigenvalue weighted by atomic mass is 19.1. The van der Waals surface area contributed by atoms with Gasteiger partial charge in [0.05, 0.1) is 5.56 Å². The molecule has 2 aromatic rings. The lowest BCUT2D eigenvalue weighted by Gasteiger charge is -2.42. The molecule has 32 heavy (non-hydrogen) atoms. The van der Waals surface area contributed by atoms with Crippen molar-refractivity contribution in [3.8, 4) is 11.1 Å². The van der Waals surface area contributed by atoms with Gasteiger partial charge in [-0.05, 0) is 91.0 Å². The van der Waals surface area contributed by atoms with Crippen LogP contribution in [-0.2, 0) is 6.42 Å². The summed E-state index contributed by atoms with van der Waals surface area (Å²) < 4.78 is 30.2. The monoisotopic (exact) mass is 438 g/mol. The van der Waals surface area contributed by atoms with E-state index in [-0.39, 0.29) is 5.56 Å². The smallest absolute Gasteiger partial charge is 0.134 e. The van der Waals surface area contributed by atoms with Crippen molar-refractivity contribution >= 4 is 0 Å². The van der Waals surface area contributed by atoms with E-state index in [0.29, 0.717) is 11.5 Å². The second kappa shape index (κ2) is 10.9.